The fourth-order valence-electron chi connectivity index (χ4n) is 3.73. The van der Waals surface area contributed by atoms with Gasteiger partial charge in [-0.1, -0.05) is 12.1 Å². The molecule has 2 atom stereocenters. The lowest BCUT2D eigenvalue weighted by molar-refractivity contribution is -0.122. The van der Waals surface area contributed by atoms with Crippen LogP contribution in [-0.2, 0) is 21.2 Å². The number of fused-ring (bicyclic) bond motifs is 2. The number of rotatable bonds is 5. The van der Waals surface area contributed by atoms with Crippen LogP contribution in [0, 0.1) is 5.92 Å². The van der Waals surface area contributed by atoms with Gasteiger partial charge in [0.05, 0.1) is 4.90 Å². The molecule has 2 fully saturated rings. The molecule has 7 heteroatoms. The third kappa shape index (κ3) is 4.94. The predicted octanol–water partition coefficient (Wildman–Crippen LogP) is 2.05. The molecule has 1 amide bonds. The van der Waals surface area contributed by atoms with E-state index in [1.807, 2.05) is 0 Å². The minimum Gasteiger partial charge on any atom is -0.352 e. The summed E-state index contributed by atoms with van der Waals surface area (Å²) in [6.07, 6.45) is 6.48. The minimum absolute atomic E-state index is 0. The highest BCUT2D eigenvalue weighted by molar-refractivity contribution is 7.90. The first kappa shape index (κ1) is 19.2. The molecule has 0 spiro atoms. The first-order valence-electron chi connectivity index (χ1n) is 8.22. The summed E-state index contributed by atoms with van der Waals surface area (Å²) in [6.45, 7) is 0.445. The molecule has 0 aliphatic carbocycles. The summed E-state index contributed by atoms with van der Waals surface area (Å²) in [7, 11) is -3.17. The number of carbonyl (C=O) groups excluding carboxylic acids is 1. The van der Waals surface area contributed by atoms with Crippen LogP contribution in [0.15, 0.2) is 29.2 Å². The average molecular weight is 373 g/mol. The maximum absolute atomic E-state index is 12.1. The van der Waals surface area contributed by atoms with Crippen molar-refractivity contribution in [1.82, 2.24) is 10.6 Å². The monoisotopic (exact) mass is 372 g/mol. The van der Waals surface area contributed by atoms with Crippen molar-refractivity contribution in [3.63, 3.8) is 0 Å². The van der Waals surface area contributed by atoms with Crippen molar-refractivity contribution in [1.29, 1.82) is 0 Å². The second-order valence-electron chi connectivity index (χ2n) is 6.87. The number of sulfone groups is 1. The Hall–Kier alpha value is -1.11. The summed E-state index contributed by atoms with van der Waals surface area (Å²) in [4.78, 5) is 12.4. The molecular formula is C17H25ClN2O3S. The molecule has 2 unspecified atom stereocenters. The highest BCUT2D eigenvalue weighted by atomic mass is 35.5. The molecule has 2 heterocycles. The molecule has 0 aromatic heterocycles. The number of hydrogen-bond donors (Lipinski definition) is 2. The van der Waals surface area contributed by atoms with E-state index >= 15 is 0 Å². The van der Waals surface area contributed by atoms with Gasteiger partial charge < -0.3 is 10.6 Å². The summed E-state index contributed by atoms with van der Waals surface area (Å²) >= 11 is 0. The molecule has 0 saturated carbocycles. The van der Waals surface area contributed by atoms with Gasteiger partial charge in [-0.2, -0.15) is 0 Å². The van der Waals surface area contributed by atoms with Crippen LogP contribution in [-0.4, -0.2) is 32.7 Å². The van der Waals surface area contributed by atoms with E-state index in [1.54, 1.807) is 24.3 Å². The number of nitrogens with one attached hydrogen (secondary N) is 2. The van der Waals surface area contributed by atoms with Crippen LogP contribution in [0.4, 0.5) is 0 Å². The quantitative estimate of drug-likeness (QED) is 0.829. The number of carbonyl (C=O) groups is 1. The molecule has 1 aromatic carbocycles. The lowest BCUT2D eigenvalue weighted by atomic mass is 9.89. The smallest absolute Gasteiger partial charge is 0.220 e. The van der Waals surface area contributed by atoms with Crippen LogP contribution in [0.2, 0.25) is 0 Å². The lowest BCUT2D eigenvalue weighted by Crippen LogP contribution is -2.39. The molecule has 2 aliphatic rings. The summed E-state index contributed by atoms with van der Waals surface area (Å²) in [5.41, 5.74) is 0.913. The Balaban J connectivity index is 0.00000208. The zero-order chi connectivity index (χ0) is 16.4. The van der Waals surface area contributed by atoms with Crippen molar-refractivity contribution in [2.24, 2.45) is 5.92 Å². The normalized spacial score (nSPS) is 25.8. The van der Waals surface area contributed by atoms with E-state index in [4.69, 9.17) is 0 Å². The Labute approximate surface area is 149 Å². The molecule has 5 nitrogen and oxygen atoms in total. The maximum Gasteiger partial charge on any atom is 0.220 e. The van der Waals surface area contributed by atoms with Gasteiger partial charge in [-0.05, 0) is 49.3 Å². The zero-order valence-corrected chi connectivity index (χ0v) is 15.5. The highest BCUT2D eigenvalue weighted by Crippen LogP contribution is 2.32. The van der Waals surface area contributed by atoms with Gasteiger partial charge in [-0.3, -0.25) is 4.79 Å². The van der Waals surface area contributed by atoms with Crippen LogP contribution >= 0.6 is 12.4 Å². The molecule has 134 valence electrons. The number of halogens is 1. The van der Waals surface area contributed by atoms with Gasteiger partial charge in [0.15, 0.2) is 9.84 Å². The van der Waals surface area contributed by atoms with Crippen LogP contribution in [0.25, 0.3) is 0 Å². The second-order valence-corrected chi connectivity index (χ2v) is 8.89. The summed E-state index contributed by atoms with van der Waals surface area (Å²) in [5, 5.41) is 6.53. The topological polar surface area (TPSA) is 75.3 Å². The third-order valence-electron chi connectivity index (χ3n) is 4.89. The zero-order valence-electron chi connectivity index (χ0n) is 13.8. The van der Waals surface area contributed by atoms with Gasteiger partial charge in [-0.25, -0.2) is 8.42 Å². The van der Waals surface area contributed by atoms with Gasteiger partial charge in [-0.15, -0.1) is 12.4 Å². The van der Waals surface area contributed by atoms with Crippen LogP contribution in [0.3, 0.4) is 0 Å². The summed E-state index contributed by atoms with van der Waals surface area (Å²) < 4.78 is 22.8. The van der Waals surface area contributed by atoms with Crippen LogP contribution in [0.5, 0.6) is 0 Å². The van der Waals surface area contributed by atoms with Gasteiger partial charge in [0, 0.05) is 31.3 Å². The fraction of sp³-hybridized carbons (Fsp3) is 0.588. The van der Waals surface area contributed by atoms with E-state index in [0.29, 0.717) is 35.9 Å². The molecule has 3 rings (SSSR count). The molecule has 0 radical (unpaired) electrons. The van der Waals surface area contributed by atoms with E-state index in [2.05, 4.69) is 10.6 Å². The van der Waals surface area contributed by atoms with E-state index in [0.717, 1.165) is 18.4 Å². The van der Waals surface area contributed by atoms with Gasteiger partial charge >= 0.3 is 0 Å². The Morgan fingerprint density at radius 1 is 1.17 bits per heavy atom. The van der Waals surface area contributed by atoms with Gasteiger partial charge in [0.25, 0.3) is 0 Å². The van der Waals surface area contributed by atoms with Crippen molar-refractivity contribution in [3.8, 4) is 0 Å². The summed E-state index contributed by atoms with van der Waals surface area (Å²) in [5.74, 6) is 0.574. The van der Waals surface area contributed by atoms with E-state index in [9.17, 15) is 13.2 Å². The highest BCUT2D eigenvalue weighted by Gasteiger charge is 2.34. The fourth-order valence-corrected chi connectivity index (χ4v) is 4.36. The van der Waals surface area contributed by atoms with Crippen molar-refractivity contribution >= 4 is 28.2 Å². The standard InChI is InChI=1S/C17H24N2O3S.ClH/c1-23(21,22)16-6-2-12(3-7-16)11-18-17(20)10-13-8-14-4-5-15(9-13)19-14;/h2-3,6-7,13-15,19H,4-5,8-11H2,1H3,(H,18,20);1H. The summed E-state index contributed by atoms with van der Waals surface area (Å²) in [6, 6.07) is 7.89. The first-order chi connectivity index (χ1) is 10.9. The Kier molecular flexibility index (Phi) is 6.28. The number of benzene rings is 1. The molecule has 2 N–H and O–H groups in total. The molecule has 2 saturated heterocycles. The predicted molar refractivity (Wildman–Crippen MR) is 95.9 cm³/mol. The Morgan fingerprint density at radius 2 is 1.75 bits per heavy atom. The second kappa shape index (κ2) is 7.85. The van der Waals surface area contributed by atoms with Gasteiger partial charge in [0.1, 0.15) is 0 Å². The van der Waals surface area contributed by atoms with E-state index < -0.39 is 9.84 Å². The van der Waals surface area contributed by atoms with E-state index in [-0.39, 0.29) is 18.3 Å². The van der Waals surface area contributed by atoms with Gasteiger partial charge in [0.2, 0.25) is 5.91 Å². The van der Waals surface area contributed by atoms with Crippen molar-refractivity contribution < 1.29 is 13.2 Å². The Bertz CT molecular complexity index is 664. The van der Waals surface area contributed by atoms with Crippen LogP contribution < -0.4 is 10.6 Å². The number of hydrogen-bond acceptors (Lipinski definition) is 4. The average Bonchev–Trinajstić information content (AvgIpc) is 2.83. The molecular weight excluding hydrogens is 348 g/mol. The molecule has 2 bridgehead atoms. The number of piperidine rings is 1. The Morgan fingerprint density at radius 3 is 2.29 bits per heavy atom. The minimum atomic E-state index is -3.17. The SMILES string of the molecule is CS(=O)(=O)c1ccc(CNC(=O)CC2CC3CCC(C2)N3)cc1.Cl. The third-order valence-corrected chi connectivity index (χ3v) is 6.01. The molecule has 2 aliphatic heterocycles. The van der Waals surface area contributed by atoms with E-state index in [1.165, 1.54) is 19.1 Å². The maximum atomic E-state index is 12.1. The first-order valence-corrected chi connectivity index (χ1v) is 10.1. The molecule has 1 aromatic rings. The van der Waals surface area contributed by atoms with Crippen molar-refractivity contribution in [2.75, 3.05) is 6.26 Å². The largest absolute Gasteiger partial charge is 0.352 e. The number of amides is 1. The van der Waals surface area contributed by atoms with Crippen molar-refractivity contribution in [3.05, 3.63) is 29.8 Å². The van der Waals surface area contributed by atoms with Crippen molar-refractivity contribution in [2.45, 2.75) is 55.6 Å². The lowest BCUT2D eigenvalue weighted by Gasteiger charge is -2.28. The molecule has 24 heavy (non-hydrogen) atoms. The van der Waals surface area contributed by atoms with Crippen LogP contribution in [0.1, 0.15) is 37.7 Å².